The number of likely N-dealkylation sites (tertiary alicyclic amines) is 1. The highest BCUT2D eigenvalue weighted by Crippen LogP contribution is 2.40. The molecule has 1 aromatic heterocycles. The van der Waals surface area contributed by atoms with Crippen LogP contribution in [0.1, 0.15) is 43.8 Å². The molecule has 1 saturated carbocycles. The molecule has 4 heteroatoms. The molecule has 0 bridgehead atoms. The van der Waals surface area contributed by atoms with Crippen LogP contribution < -0.4 is 0 Å². The van der Waals surface area contributed by atoms with Gasteiger partial charge >= 0.3 is 0 Å². The lowest BCUT2D eigenvalue weighted by atomic mass is 10.1. The number of aliphatic hydroxyl groups is 1. The van der Waals surface area contributed by atoms with Crippen LogP contribution in [0.4, 0.5) is 0 Å². The van der Waals surface area contributed by atoms with Crippen LogP contribution in [0.25, 0.3) is 0 Å². The van der Waals surface area contributed by atoms with E-state index in [4.69, 9.17) is 0 Å². The fourth-order valence-corrected chi connectivity index (χ4v) is 2.82. The summed E-state index contributed by atoms with van der Waals surface area (Å²) in [5, 5.41) is 10.0. The molecule has 1 aromatic rings. The van der Waals surface area contributed by atoms with Crippen molar-refractivity contribution in [1.29, 1.82) is 0 Å². The number of amides is 1. The van der Waals surface area contributed by atoms with Crippen molar-refractivity contribution < 1.29 is 9.90 Å². The molecule has 2 fully saturated rings. The summed E-state index contributed by atoms with van der Waals surface area (Å²) in [6, 6.07) is 1.94. The van der Waals surface area contributed by atoms with Crippen molar-refractivity contribution in [3.8, 4) is 0 Å². The van der Waals surface area contributed by atoms with Crippen LogP contribution in [0.3, 0.4) is 0 Å². The molecule has 0 spiro atoms. The molecule has 1 aliphatic heterocycles. The highest BCUT2D eigenvalue weighted by molar-refractivity contribution is 5.76. The maximum Gasteiger partial charge on any atom is 0.242 e. The third-order valence-corrected chi connectivity index (χ3v) is 4.21. The second kappa shape index (κ2) is 5.37. The Labute approximate surface area is 114 Å². The van der Waals surface area contributed by atoms with Crippen molar-refractivity contribution >= 4 is 5.91 Å². The number of carbonyl (C=O) groups excluding carboxylic acids is 1. The van der Waals surface area contributed by atoms with Gasteiger partial charge in [-0.25, -0.2) is 0 Å². The summed E-state index contributed by atoms with van der Waals surface area (Å²) < 4.78 is 1.90. The van der Waals surface area contributed by atoms with Gasteiger partial charge in [-0.1, -0.05) is 0 Å². The van der Waals surface area contributed by atoms with Gasteiger partial charge in [-0.3, -0.25) is 4.79 Å². The van der Waals surface area contributed by atoms with E-state index in [-0.39, 0.29) is 12.0 Å². The molecule has 1 saturated heterocycles. The van der Waals surface area contributed by atoms with E-state index in [1.54, 1.807) is 0 Å². The van der Waals surface area contributed by atoms with E-state index < -0.39 is 0 Å². The Morgan fingerprint density at radius 1 is 1.32 bits per heavy atom. The summed E-state index contributed by atoms with van der Waals surface area (Å²) in [4.78, 5) is 14.1. The largest absolute Gasteiger partial charge is 0.388 e. The predicted molar refractivity (Wildman–Crippen MR) is 72.5 cm³/mol. The Balaban J connectivity index is 1.58. The van der Waals surface area contributed by atoms with Gasteiger partial charge in [0.05, 0.1) is 6.10 Å². The molecule has 1 amide bonds. The van der Waals surface area contributed by atoms with Gasteiger partial charge in [-0.05, 0) is 49.7 Å². The second-order valence-corrected chi connectivity index (χ2v) is 5.84. The zero-order valence-corrected chi connectivity index (χ0v) is 11.3. The molecule has 1 aliphatic carbocycles. The van der Waals surface area contributed by atoms with Crippen LogP contribution in [0.5, 0.6) is 0 Å². The number of carbonyl (C=O) groups is 1. The Hall–Kier alpha value is -1.29. The van der Waals surface area contributed by atoms with Crippen molar-refractivity contribution in [2.75, 3.05) is 13.1 Å². The minimum absolute atomic E-state index is 0.197. The third-order valence-electron chi connectivity index (χ3n) is 4.21. The molecule has 2 aliphatic rings. The molecule has 0 aromatic carbocycles. The lowest BCUT2D eigenvalue weighted by Gasteiger charge is -2.26. The van der Waals surface area contributed by atoms with Gasteiger partial charge in [0.1, 0.15) is 6.54 Å². The molecule has 1 atom stereocenters. The smallest absolute Gasteiger partial charge is 0.242 e. The molecule has 4 nitrogen and oxygen atoms in total. The summed E-state index contributed by atoms with van der Waals surface area (Å²) in [6.07, 6.45) is 9.23. The zero-order chi connectivity index (χ0) is 13.2. The number of hydrogen-bond acceptors (Lipinski definition) is 2. The van der Waals surface area contributed by atoms with Gasteiger partial charge in [0.2, 0.25) is 5.91 Å². The number of aromatic nitrogens is 1. The zero-order valence-electron chi connectivity index (χ0n) is 11.3. The molecule has 1 N–H and O–H groups in total. The average molecular weight is 262 g/mol. The summed E-state index contributed by atoms with van der Waals surface area (Å²) in [5.41, 5.74) is 0.953. The third kappa shape index (κ3) is 3.00. The fourth-order valence-electron chi connectivity index (χ4n) is 2.82. The van der Waals surface area contributed by atoms with Gasteiger partial charge in [-0.15, -0.1) is 0 Å². The number of rotatable bonds is 4. The monoisotopic (exact) mass is 262 g/mol. The molecule has 0 radical (unpaired) electrons. The number of hydrogen-bond donors (Lipinski definition) is 1. The van der Waals surface area contributed by atoms with E-state index in [0.29, 0.717) is 12.5 Å². The fraction of sp³-hybridized carbons (Fsp3) is 0.667. The van der Waals surface area contributed by atoms with Gasteiger partial charge in [0.15, 0.2) is 0 Å². The van der Waals surface area contributed by atoms with Crippen molar-refractivity contribution in [3.63, 3.8) is 0 Å². The average Bonchev–Trinajstić information content (AvgIpc) is 3.19. The highest BCUT2D eigenvalue weighted by Gasteiger charge is 2.31. The summed E-state index contributed by atoms with van der Waals surface area (Å²) in [7, 11) is 0. The topological polar surface area (TPSA) is 45.5 Å². The van der Waals surface area contributed by atoms with E-state index >= 15 is 0 Å². The molecule has 19 heavy (non-hydrogen) atoms. The molecule has 104 valence electrons. The van der Waals surface area contributed by atoms with Crippen molar-refractivity contribution in [3.05, 3.63) is 24.0 Å². The standard InChI is InChI=1S/C15H22N2O2/c18-14(17-7-2-1-3-8-17)11-16-9-6-13(10-16)15(19)12-4-5-12/h6,9-10,12,15,19H,1-5,7-8,11H2. The van der Waals surface area contributed by atoms with Gasteiger partial charge in [0, 0.05) is 25.5 Å². The summed E-state index contributed by atoms with van der Waals surface area (Å²) in [6.45, 7) is 2.20. The van der Waals surface area contributed by atoms with Crippen LogP contribution in [-0.2, 0) is 11.3 Å². The van der Waals surface area contributed by atoms with Crippen LogP contribution in [0.15, 0.2) is 18.5 Å². The van der Waals surface area contributed by atoms with E-state index in [0.717, 1.165) is 44.3 Å². The SMILES string of the molecule is O=C(Cn1ccc(C(O)C2CC2)c1)N1CCCCC1. The predicted octanol–water partition coefficient (Wildman–Crippen LogP) is 1.94. The minimum atomic E-state index is -0.341. The quantitative estimate of drug-likeness (QED) is 0.901. The van der Waals surface area contributed by atoms with Crippen molar-refractivity contribution in [2.45, 2.75) is 44.8 Å². The lowest BCUT2D eigenvalue weighted by Crippen LogP contribution is -2.37. The summed E-state index contributed by atoms with van der Waals surface area (Å²) >= 11 is 0. The van der Waals surface area contributed by atoms with E-state index in [1.807, 2.05) is 27.9 Å². The van der Waals surface area contributed by atoms with Crippen molar-refractivity contribution in [2.24, 2.45) is 5.92 Å². The number of aliphatic hydroxyl groups excluding tert-OH is 1. The van der Waals surface area contributed by atoms with Crippen LogP contribution in [0.2, 0.25) is 0 Å². The maximum atomic E-state index is 12.1. The minimum Gasteiger partial charge on any atom is -0.388 e. The number of piperidine rings is 1. The number of nitrogens with zero attached hydrogens (tertiary/aromatic N) is 2. The van der Waals surface area contributed by atoms with E-state index in [2.05, 4.69) is 0 Å². The first-order valence-corrected chi connectivity index (χ1v) is 7.35. The van der Waals surface area contributed by atoms with E-state index in [1.165, 1.54) is 6.42 Å². The van der Waals surface area contributed by atoms with E-state index in [9.17, 15) is 9.90 Å². The Morgan fingerprint density at radius 3 is 2.74 bits per heavy atom. The van der Waals surface area contributed by atoms with Gasteiger partial charge < -0.3 is 14.6 Å². The first-order valence-electron chi connectivity index (χ1n) is 7.35. The Bertz CT molecular complexity index is 445. The Morgan fingerprint density at radius 2 is 2.05 bits per heavy atom. The van der Waals surface area contributed by atoms with Gasteiger partial charge in [0.25, 0.3) is 0 Å². The Kier molecular flexibility index (Phi) is 3.60. The normalized spacial score (nSPS) is 21.4. The molecule has 3 rings (SSSR count). The molecule has 2 heterocycles. The lowest BCUT2D eigenvalue weighted by molar-refractivity contribution is -0.132. The van der Waals surface area contributed by atoms with Gasteiger partial charge in [-0.2, -0.15) is 0 Å². The molecular weight excluding hydrogens is 240 g/mol. The first-order chi connectivity index (χ1) is 9.24. The second-order valence-electron chi connectivity index (χ2n) is 5.84. The van der Waals surface area contributed by atoms with Crippen molar-refractivity contribution in [1.82, 2.24) is 9.47 Å². The molecular formula is C15H22N2O2. The van der Waals surface area contributed by atoms with Crippen LogP contribution >= 0.6 is 0 Å². The van der Waals surface area contributed by atoms with Crippen LogP contribution in [0, 0.1) is 5.92 Å². The van der Waals surface area contributed by atoms with Crippen LogP contribution in [-0.4, -0.2) is 33.6 Å². The first kappa shape index (κ1) is 12.7. The summed E-state index contributed by atoms with van der Waals surface area (Å²) in [5.74, 6) is 0.636. The highest BCUT2D eigenvalue weighted by atomic mass is 16.3. The maximum absolute atomic E-state index is 12.1. The molecule has 1 unspecified atom stereocenters.